The van der Waals surface area contributed by atoms with Crippen molar-refractivity contribution >= 4 is 0 Å². The highest BCUT2D eigenvalue weighted by molar-refractivity contribution is 4.97. The molecule has 0 saturated heterocycles. The summed E-state index contributed by atoms with van der Waals surface area (Å²) in [4.78, 5) is 0. The van der Waals surface area contributed by atoms with Gasteiger partial charge in [-0.1, -0.05) is 0 Å². The van der Waals surface area contributed by atoms with E-state index in [-0.39, 0.29) is 12.4 Å². The lowest BCUT2D eigenvalue weighted by atomic mass is 10.4. The highest BCUT2D eigenvalue weighted by Gasteiger charge is 2.30. The second kappa shape index (κ2) is 3.95. The molecule has 0 spiro atoms. The van der Waals surface area contributed by atoms with Gasteiger partial charge in [0.05, 0.1) is 6.54 Å². The lowest BCUT2D eigenvalue weighted by Crippen LogP contribution is -2.17. The van der Waals surface area contributed by atoms with E-state index >= 15 is 0 Å². The molecule has 14 heavy (non-hydrogen) atoms. The molecule has 0 aromatic carbocycles. The quantitative estimate of drug-likeness (QED) is 0.801. The third-order valence-electron chi connectivity index (χ3n) is 1.76. The molecule has 0 radical (unpaired) electrons. The van der Waals surface area contributed by atoms with E-state index in [1.807, 2.05) is 0 Å². The number of alkyl halides is 3. The Hall–Kier alpha value is -1.11. The zero-order valence-electron chi connectivity index (χ0n) is 7.67. The van der Waals surface area contributed by atoms with Crippen LogP contribution in [0.25, 0.3) is 0 Å². The Bertz CT molecular complexity index is 304. The molecule has 0 aliphatic rings. The Morgan fingerprint density at radius 2 is 1.86 bits per heavy atom. The Balaban J connectivity index is 2.92. The molecule has 0 fully saturated rings. The Labute approximate surface area is 78.9 Å². The summed E-state index contributed by atoms with van der Waals surface area (Å²) in [5, 5.41) is 7.03. The third kappa shape index (κ3) is 2.44. The van der Waals surface area contributed by atoms with Gasteiger partial charge in [0.25, 0.3) is 0 Å². The van der Waals surface area contributed by atoms with E-state index in [2.05, 4.69) is 10.2 Å². The second-order valence-electron chi connectivity index (χ2n) is 2.77. The first-order valence-electron chi connectivity index (χ1n) is 4.15. The van der Waals surface area contributed by atoms with Gasteiger partial charge in [0.2, 0.25) is 0 Å². The summed E-state index contributed by atoms with van der Waals surface area (Å²) in [5.74, 6) is 0.298. The first kappa shape index (κ1) is 11.0. The summed E-state index contributed by atoms with van der Waals surface area (Å²) in [6, 6.07) is 0. The molecular formula is C7H11F3N4. The van der Waals surface area contributed by atoms with Gasteiger partial charge in [-0.3, -0.25) is 0 Å². The van der Waals surface area contributed by atoms with E-state index in [9.17, 15) is 13.2 Å². The first-order chi connectivity index (χ1) is 6.48. The van der Waals surface area contributed by atoms with Crippen LogP contribution in [0.5, 0.6) is 0 Å². The molecule has 1 heterocycles. The molecule has 1 rings (SSSR count). The topological polar surface area (TPSA) is 56.7 Å². The van der Waals surface area contributed by atoms with Crippen LogP contribution < -0.4 is 5.73 Å². The molecule has 1 aromatic heterocycles. The first-order valence-corrected chi connectivity index (χ1v) is 4.15. The van der Waals surface area contributed by atoms with Gasteiger partial charge in [-0.05, 0) is 6.92 Å². The second-order valence-corrected chi connectivity index (χ2v) is 2.77. The van der Waals surface area contributed by atoms with E-state index in [1.165, 1.54) is 4.57 Å². The van der Waals surface area contributed by atoms with Crippen LogP contribution in [0.4, 0.5) is 13.2 Å². The molecule has 0 atom stereocenters. The van der Waals surface area contributed by atoms with Gasteiger partial charge in [0.15, 0.2) is 0 Å². The van der Waals surface area contributed by atoms with Crippen molar-refractivity contribution < 1.29 is 13.2 Å². The maximum absolute atomic E-state index is 12.1. The number of nitrogens with two attached hydrogens (primary N) is 1. The van der Waals surface area contributed by atoms with Gasteiger partial charge >= 0.3 is 6.18 Å². The minimum Gasteiger partial charge on any atom is -0.324 e. The van der Waals surface area contributed by atoms with Crippen LogP contribution in [-0.2, 0) is 19.5 Å². The van der Waals surface area contributed by atoms with Crippen LogP contribution in [0.15, 0.2) is 0 Å². The number of hydrogen-bond donors (Lipinski definition) is 1. The predicted molar refractivity (Wildman–Crippen MR) is 43.3 cm³/mol. The van der Waals surface area contributed by atoms with Crippen molar-refractivity contribution in [2.24, 2.45) is 5.73 Å². The molecule has 1 aromatic rings. The Morgan fingerprint density at radius 1 is 1.29 bits per heavy atom. The molecule has 0 bridgehead atoms. The van der Waals surface area contributed by atoms with Gasteiger partial charge in [0.1, 0.15) is 18.1 Å². The van der Waals surface area contributed by atoms with Crippen LogP contribution in [0.1, 0.15) is 18.6 Å². The third-order valence-corrected chi connectivity index (χ3v) is 1.76. The van der Waals surface area contributed by atoms with Gasteiger partial charge in [-0.2, -0.15) is 13.2 Å². The summed E-state index contributed by atoms with van der Waals surface area (Å²) in [7, 11) is 0. The lowest BCUT2D eigenvalue weighted by Gasteiger charge is -2.08. The summed E-state index contributed by atoms with van der Waals surface area (Å²) in [5.41, 5.74) is 5.30. The van der Waals surface area contributed by atoms with Crippen molar-refractivity contribution in [3.05, 3.63) is 11.6 Å². The van der Waals surface area contributed by atoms with Crippen molar-refractivity contribution in [3.8, 4) is 0 Å². The van der Waals surface area contributed by atoms with E-state index < -0.39 is 12.6 Å². The summed E-state index contributed by atoms with van der Waals surface area (Å²) < 4.78 is 37.6. The number of rotatable bonds is 3. The highest BCUT2D eigenvalue weighted by Crippen LogP contribution is 2.20. The maximum Gasteiger partial charge on any atom is 0.396 e. The minimum atomic E-state index is -4.26. The van der Waals surface area contributed by atoms with Crippen molar-refractivity contribution in [1.82, 2.24) is 14.8 Å². The molecule has 2 N–H and O–H groups in total. The standard InChI is InChI=1S/C7H11F3N4/c1-2-14-5(3-7(8,9)10)12-13-6(14)4-11/h2-4,11H2,1H3. The summed E-state index contributed by atoms with van der Waals surface area (Å²) in [6.45, 7) is 2.21. The molecule has 0 amide bonds. The van der Waals surface area contributed by atoms with Crippen LogP contribution in [-0.4, -0.2) is 20.9 Å². The molecule has 0 aliphatic heterocycles. The summed E-state index contributed by atoms with van der Waals surface area (Å²) in [6.07, 6.45) is -5.32. The fourth-order valence-corrected chi connectivity index (χ4v) is 1.20. The van der Waals surface area contributed by atoms with Gasteiger partial charge in [-0.15, -0.1) is 10.2 Å². The average Bonchev–Trinajstić information content (AvgIpc) is 2.43. The number of aromatic nitrogens is 3. The highest BCUT2D eigenvalue weighted by atomic mass is 19.4. The zero-order valence-corrected chi connectivity index (χ0v) is 7.67. The van der Waals surface area contributed by atoms with E-state index in [0.29, 0.717) is 12.4 Å². The SMILES string of the molecule is CCn1c(CN)nnc1CC(F)(F)F. The molecule has 0 unspecified atom stereocenters. The van der Waals surface area contributed by atoms with Crippen LogP contribution in [0, 0.1) is 0 Å². The number of hydrogen-bond acceptors (Lipinski definition) is 3. The van der Waals surface area contributed by atoms with Crippen molar-refractivity contribution in [3.63, 3.8) is 0 Å². The van der Waals surface area contributed by atoms with Gasteiger partial charge < -0.3 is 10.3 Å². The predicted octanol–water partition coefficient (Wildman–Crippen LogP) is 0.861. The van der Waals surface area contributed by atoms with Crippen LogP contribution in [0.2, 0.25) is 0 Å². The number of halogens is 3. The van der Waals surface area contributed by atoms with Gasteiger partial charge in [0, 0.05) is 6.54 Å². The summed E-state index contributed by atoms with van der Waals surface area (Å²) >= 11 is 0. The van der Waals surface area contributed by atoms with E-state index in [4.69, 9.17) is 5.73 Å². The Kier molecular flexibility index (Phi) is 3.10. The fraction of sp³-hybridized carbons (Fsp3) is 0.714. The lowest BCUT2D eigenvalue weighted by molar-refractivity contribution is -0.129. The molecule has 80 valence electrons. The van der Waals surface area contributed by atoms with Crippen molar-refractivity contribution in [1.29, 1.82) is 0 Å². The van der Waals surface area contributed by atoms with Gasteiger partial charge in [-0.25, -0.2) is 0 Å². The molecule has 4 nitrogen and oxygen atoms in total. The fourth-order valence-electron chi connectivity index (χ4n) is 1.20. The molecular weight excluding hydrogens is 197 g/mol. The molecule has 7 heteroatoms. The van der Waals surface area contributed by atoms with E-state index in [1.54, 1.807) is 6.92 Å². The minimum absolute atomic E-state index is 0.0829. The average molecular weight is 208 g/mol. The molecule has 0 saturated carbocycles. The van der Waals surface area contributed by atoms with Crippen molar-refractivity contribution in [2.75, 3.05) is 0 Å². The smallest absolute Gasteiger partial charge is 0.324 e. The largest absolute Gasteiger partial charge is 0.396 e. The van der Waals surface area contributed by atoms with Crippen molar-refractivity contribution in [2.45, 2.75) is 32.6 Å². The van der Waals surface area contributed by atoms with Crippen LogP contribution >= 0.6 is 0 Å². The maximum atomic E-state index is 12.1. The normalized spacial score (nSPS) is 12.1. The number of nitrogens with zero attached hydrogens (tertiary/aromatic N) is 3. The molecule has 0 aliphatic carbocycles. The Morgan fingerprint density at radius 3 is 2.29 bits per heavy atom. The van der Waals surface area contributed by atoms with Crippen LogP contribution in [0.3, 0.4) is 0 Å². The van der Waals surface area contributed by atoms with E-state index in [0.717, 1.165) is 0 Å². The monoisotopic (exact) mass is 208 g/mol. The zero-order chi connectivity index (χ0) is 10.8.